The first-order valence-corrected chi connectivity index (χ1v) is 15.8. The average Bonchev–Trinajstić information content (AvgIpc) is 3.06. The maximum absolute atomic E-state index is 2.32. The van der Waals surface area contributed by atoms with Crippen LogP contribution in [0.15, 0.2) is 146 Å². The van der Waals surface area contributed by atoms with Crippen LogP contribution in [0.2, 0.25) is 0 Å². The Kier molecular flexibility index (Phi) is 8.80. The number of rotatable bonds is 8. The zero-order chi connectivity index (χ0) is 31.3. The van der Waals surface area contributed by atoms with E-state index in [0.29, 0.717) is 0 Å². The number of allylic oxidation sites excluding steroid dienone is 1. The fourth-order valence-electron chi connectivity index (χ4n) is 5.92. The van der Waals surface area contributed by atoms with E-state index in [9.17, 15) is 0 Å². The zero-order valence-electron chi connectivity index (χ0n) is 27.0. The number of hydrogen-bond donors (Lipinski definition) is 0. The van der Waals surface area contributed by atoms with Crippen molar-refractivity contribution < 1.29 is 0 Å². The fourth-order valence-corrected chi connectivity index (χ4v) is 5.92. The molecule has 0 spiro atoms. The van der Waals surface area contributed by atoms with Crippen LogP contribution < -0.4 is 4.90 Å². The summed E-state index contributed by atoms with van der Waals surface area (Å²) in [4.78, 5) is 2.32. The summed E-state index contributed by atoms with van der Waals surface area (Å²) in [7, 11) is 0. The third-order valence-corrected chi connectivity index (χ3v) is 8.64. The van der Waals surface area contributed by atoms with Gasteiger partial charge in [-0.05, 0) is 104 Å². The lowest BCUT2D eigenvalue weighted by molar-refractivity contribution is 0.974. The first kappa shape index (κ1) is 29.9. The molecule has 6 aromatic rings. The van der Waals surface area contributed by atoms with Gasteiger partial charge < -0.3 is 4.90 Å². The van der Waals surface area contributed by atoms with E-state index in [1.54, 1.807) is 0 Å². The minimum absolute atomic E-state index is 0.197. The third kappa shape index (κ3) is 7.00. The Labute approximate surface area is 269 Å². The smallest absolute Gasteiger partial charge is 0.0462 e. The van der Waals surface area contributed by atoms with E-state index in [2.05, 4.69) is 191 Å². The van der Waals surface area contributed by atoms with E-state index >= 15 is 0 Å². The molecule has 0 N–H and O–H groups in total. The van der Waals surface area contributed by atoms with Gasteiger partial charge in [-0.15, -0.1) is 0 Å². The van der Waals surface area contributed by atoms with Gasteiger partial charge in [-0.25, -0.2) is 0 Å². The fraction of sp³-hybridized carbons (Fsp3) is 0.136. The molecular formula is C44H41N. The molecule has 0 aliphatic heterocycles. The molecule has 0 amide bonds. The highest BCUT2D eigenvalue weighted by molar-refractivity contribution is 5.82. The highest BCUT2D eigenvalue weighted by atomic mass is 15.1. The van der Waals surface area contributed by atoms with Crippen molar-refractivity contribution >= 4 is 28.7 Å². The predicted molar refractivity (Wildman–Crippen MR) is 194 cm³/mol. The van der Waals surface area contributed by atoms with Gasteiger partial charge in [0.2, 0.25) is 0 Å². The zero-order valence-corrected chi connectivity index (χ0v) is 27.0. The van der Waals surface area contributed by atoms with E-state index in [1.165, 1.54) is 55.6 Å². The molecule has 0 saturated carbocycles. The van der Waals surface area contributed by atoms with Gasteiger partial charge in [0, 0.05) is 23.0 Å². The summed E-state index contributed by atoms with van der Waals surface area (Å²) >= 11 is 0. The molecule has 1 nitrogen and oxygen atoms in total. The molecule has 0 bridgehead atoms. The van der Waals surface area contributed by atoms with Gasteiger partial charge in [0.1, 0.15) is 0 Å². The van der Waals surface area contributed by atoms with Crippen molar-refractivity contribution in [3.63, 3.8) is 0 Å². The van der Waals surface area contributed by atoms with Crippen molar-refractivity contribution in [1.82, 2.24) is 0 Å². The topological polar surface area (TPSA) is 3.24 Å². The Morgan fingerprint density at radius 3 is 1.11 bits per heavy atom. The van der Waals surface area contributed by atoms with Crippen molar-refractivity contribution in [1.29, 1.82) is 0 Å². The second kappa shape index (κ2) is 13.2. The van der Waals surface area contributed by atoms with Crippen LogP contribution in [0, 0.1) is 27.7 Å². The molecule has 6 aromatic carbocycles. The summed E-state index contributed by atoms with van der Waals surface area (Å²) in [6, 6.07) is 53.4. The van der Waals surface area contributed by atoms with Crippen LogP contribution >= 0.6 is 0 Å². The molecule has 222 valence electrons. The standard InChI is InChI=1S/C44H41N/c1-31-6-16-38(17-7-31)44(39-18-8-32(2)9-19-39)40-20-14-36(15-21-40)30-35(5)37-22-28-43(29-23-37)45(41-24-10-33(3)11-25-41)42-26-12-34(4)13-27-42/h6-30,44H,1-5H3. The molecule has 0 heterocycles. The molecule has 0 unspecified atom stereocenters. The summed E-state index contributed by atoms with van der Waals surface area (Å²) in [5.41, 5.74) is 16.1. The number of anilines is 3. The van der Waals surface area contributed by atoms with Crippen molar-refractivity contribution in [3.8, 4) is 0 Å². The van der Waals surface area contributed by atoms with Gasteiger partial charge in [0.05, 0.1) is 0 Å². The molecule has 1 heteroatoms. The van der Waals surface area contributed by atoms with Gasteiger partial charge in [-0.3, -0.25) is 0 Å². The minimum Gasteiger partial charge on any atom is -0.311 e. The van der Waals surface area contributed by atoms with Crippen LogP contribution in [0.1, 0.15) is 62.9 Å². The molecule has 0 aliphatic carbocycles. The summed E-state index contributed by atoms with van der Waals surface area (Å²) in [5, 5.41) is 0. The number of benzene rings is 6. The third-order valence-electron chi connectivity index (χ3n) is 8.64. The van der Waals surface area contributed by atoms with Gasteiger partial charge in [-0.2, -0.15) is 0 Å². The molecule has 0 fully saturated rings. The highest BCUT2D eigenvalue weighted by Gasteiger charge is 2.17. The highest BCUT2D eigenvalue weighted by Crippen LogP contribution is 2.36. The molecule has 6 rings (SSSR count). The first-order valence-electron chi connectivity index (χ1n) is 15.8. The number of nitrogens with zero attached hydrogens (tertiary/aromatic N) is 1. The van der Waals surface area contributed by atoms with Gasteiger partial charge >= 0.3 is 0 Å². The summed E-state index contributed by atoms with van der Waals surface area (Å²) in [6.45, 7) is 10.7. The Hall–Kier alpha value is -5.14. The minimum atomic E-state index is 0.197. The lowest BCUT2D eigenvalue weighted by Gasteiger charge is -2.26. The first-order chi connectivity index (χ1) is 21.8. The number of hydrogen-bond acceptors (Lipinski definition) is 1. The van der Waals surface area contributed by atoms with Crippen LogP contribution in [-0.4, -0.2) is 0 Å². The van der Waals surface area contributed by atoms with Gasteiger partial charge in [0.25, 0.3) is 0 Å². The van der Waals surface area contributed by atoms with Crippen LogP contribution in [-0.2, 0) is 0 Å². The molecule has 0 aliphatic rings. The van der Waals surface area contributed by atoms with Crippen LogP contribution in [0.3, 0.4) is 0 Å². The summed E-state index contributed by atoms with van der Waals surface area (Å²) in [5.74, 6) is 0.197. The van der Waals surface area contributed by atoms with Crippen molar-refractivity contribution in [2.75, 3.05) is 4.90 Å². The normalized spacial score (nSPS) is 11.6. The summed E-state index contributed by atoms with van der Waals surface area (Å²) < 4.78 is 0. The monoisotopic (exact) mass is 583 g/mol. The lowest BCUT2D eigenvalue weighted by atomic mass is 9.84. The van der Waals surface area contributed by atoms with E-state index in [-0.39, 0.29) is 5.92 Å². The van der Waals surface area contributed by atoms with E-state index < -0.39 is 0 Å². The maximum Gasteiger partial charge on any atom is 0.0462 e. The van der Waals surface area contributed by atoms with Crippen molar-refractivity contribution in [2.24, 2.45) is 0 Å². The molecule has 0 saturated heterocycles. The van der Waals surface area contributed by atoms with E-state index in [1.807, 2.05) is 0 Å². The van der Waals surface area contributed by atoms with Gasteiger partial charge in [-0.1, -0.05) is 138 Å². The Morgan fingerprint density at radius 1 is 0.422 bits per heavy atom. The van der Waals surface area contributed by atoms with E-state index in [4.69, 9.17) is 0 Å². The summed E-state index contributed by atoms with van der Waals surface area (Å²) in [6.07, 6.45) is 2.28. The Balaban J connectivity index is 1.26. The van der Waals surface area contributed by atoms with Gasteiger partial charge in [0.15, 0.2) is 0 Å². The molecular weight excluding hydrogens is 542 g/mol. The maximum atomic E-state index is 2.32. The Bertz CT molecular complexity index is 1780. The number of aryl methyl sites for hydroxylation is 4. The molecule has 45 heavy (non-hydrogen) atoms. The van der Waals surface area contributed by atoms with Crippen molar-refractivity contribution in [2.45, 2.75) is 40.5 Å². The molecule has 0 aromatic heterocycles. The van der Waals surface area contributed by atoms with E-state index in [0.717, 1.165) is 17.1 Å². The quantitative estimate of drug-likeness (QED) is 0.127. The lowest BCUT2D eigenvalue weighted by Crippen LogP contribution is -2.09. The van der Waals surface area contributed by atoms with Crippen molar-refractivity contribution in [3.05, 3.63) is 196 Å². The average molecular weight is 584 g/mol. The Morgan fingerprint density at radius 2 is 0.733 bits per heavy atom. The van der Waals surface area contributed by atoms with Crippen LogP contribution in [0.5, 0.6) is 0 Å². The van der Waals surface area contributed by atoms with Crippen LogP contribution in [0.4, 0.5) is 17.1 Å². The SMILES string of the molecule is CC(=Cc1ccc(C(c2ccc(C)cc2)c2ccc(C)cc2)cc1)c1ccc(N(c2ccc(C)cc2)c2ccc(C)cc2)cc1. The second-order valence-electron chi connectivity index (χ2n) is 12.3. The van der Waals surface area contributed by atoms with Crippen LogP contribution in [0.25, 0.3) is 11.6 Å². The molecule has 0 atom stereocenters. The largest absolute Gasteiger partial charge is 0.311 e. The second-order valence-corrected chi connectivity index (χ2v) is 12.3. The predicted octanol–water partition coefficient (Wildman–Crippen LogP) is 12.1. The molecule has 0 radical (unpaired) electrons.